The van der Waals surface area contributed by atoms with Gasteiger partial charge < -0.3 is 15.0 Å². The minimum Gasteiger partial charge on any atom is -0.466 e. The SMILES string of the molecule is CCOC(=O)CCC(=O)Nc1cccc(-c2csc(N3CCCCC3)n2)c1. The second-order valence-electron chi connectivity index (χ2n) is 6.50. The van der Waals surface area contributed by atoms with Gasteiger partial charge in [-0.2, -0.15) is 0 Å². The van der Waals surface area contributed by atoms with E-state index in [-0.39, 0.29) is 24.7 Å². The Kier molecular flexibility index (Phi) is 6.81. The molecule has 1 fully saturated rings. The quantitative estimate of drug-likeness (QED) is 0.725. The molecule has 1 amide bonds. The third-order valence-electron chi connectivity index (χ3n) is 4.42. The second kappa shape index (κ2) is 9.50. The van der Waals surface area contributed by atoms with Gasteiger partial charge in [0, 0.05) is 36.1 Å². The number of aromatic nitrogens is 1. The highest BCUT2D eigenvalue weighted by molar-refractivity contribution is 7.14. The molecule has 0 unspecified atom stereocenters. The van der Waals surface area contributed by atoms with Gasteiger partial charge in [0.15, 0.2) is 5.13 Å². The lowest BCUT2D eigenvalue weighted by Gasteiger charge is -2.25. The molecular formula is C20H25N3O3S. The third kappa shape index (κ3) is 5.53. The Morgan fingerprint density at radius 1 is 1.22 bits per heavy atom. The monoisotopic (exact) mass is 387 g/mol. The first-order chi connectivity index (χ1) is 13.2. The molecule has 1 aromatic carbocycles. The Morgan fingerprint density at radius 3 is 2.81 bits per heavy atom. The molecule has 0 spiro atoms. The van der Waals surface area contributed by atoms with E-state index in [2.05, 4.69) is 15.6 Å². The van der Waals surface area contributed by atoms with Crippen LogP contribution in [0.4, 0.5) is 10.8 Å². The van der Waals surface area contributed by atoms with Gasteiger partial charge in [-0.05, 0) is 38.3 Å². The number of anilines is 2. The molecule has 0 atom stereocenters. The third-order valence-corrected chi connectivity index (χ3v) is 5.32. The number of carbonyl (C=O) groups is 2. The summed E-state index contributed by atoms with van der Waals surface area (Å²) in [6.45, 7) is 4.22. The van der Waals surface area contributed by atoms with Gasteiger partial charge in [0.2, 0.25) is 5.91 Å². The summed E-state index contributed by atoms with van der Waals surface area (Å²) in [4.78, 5) is 30.5. The highest BCUT2D eigenvalue weighted by Gasteiger charge is 2.15. The van der Waals surface area contributed by atoms with E-state index in [9.17, 15) is 9.59 Å². The van der Waals surface area contributed by atoms with Crippen LogP contribution in [0.3, 0.4) is 0 Å². The molecule has 0 bridgehead atoms. The fourth-order valence-electron chi connectivity index (χ4n) is 3.06. The van der Waals surface area contributed by atoms with E-state index in [4.69, 9.17) is 9.72 Å². The molecule has 3 rings (SSSR count). The molecule has 1 saturated heterocycles. The number of ether oxygens (including phenoxy) is 1. The molecule has 0 saturated carbocycles. The van der Waals surface area contributed by atoms with Crippen molar-refractivity contribution in [1.29, 1.82) is 0 Å². The molecule has 2 heterocycles. The van der Waals surface area contributed by atoms with Crippen molar-refractivity contribution >= 4 is 34.0 Å². The summed E-state index contributed by atoms with van der Waals surface area (Å²) in [5.74, 6) is -0.554. The van der Waals surface area contributed by atoms with Gasteiger partial charge in [0.25, 0.3) is 0 Å². The fraction of sp³-hybridized carbons (Fsp3) is 0.450. The molecule has 0 aliphatic carbocycles. The van der Waals surface area contributed by atoms with Crippen molar-refractivity contribution in [3.8, 4) is 11.3 Å². The van der Waals surface area contributed by atoms with Crippen molar-refractivity contribution < 1.29 is 14.3 Å². The summed E-state index contributed by atoms with van der Waals surface area (Å²) in [6.07, 6.45) is 3.95. The number of esters is 1. The maximum atomic E-state index is 12.0. The van der Waals surface area contributed by atoms with Gasteiger partial charge in [-0.3, -0.25) is 9.59 Å². The van der Waals surface area contributed by atoms with Crippen LogP contribution in [0.2, 0.25) is 0 Å². The Bertz CT molecular complexity index is 784. The number of nitrogens with zero attached hydrogens (tertiary/aromatic N) is 2. The Morgan fingerprint density at radius 2 is 2.04 bits per heavy atom. The predicted octanol–water partition coefficient (Wildman–Crippen LogP) is 4.08. The Labute approximate surface area is 163 Å². The summed E-state index contributed by atoms with van der Waals surface area (Å²) in [5.41, 5.74) is 2.59. The zero-order chi connectivity index (χ0) is 19.1. The number of hydrogen-bond acceptors (Lipinski definition) is 6. The van der Waals surface area contributed by atoms with Crippen LogP contribution in [-0.2, 0) is 14.3 Å². The van der Waals surface area contributed by atoms with E-state index in [1.807, 2.05) is 24.3 Å². The molecular weight excluding hydrogens is 362 g/mol. The van der Waals surface area contributed by atoms with Crippen molar-refractivity contribution in [3.63, 3.8) is 0 Å². The van der Waals surface area contributed by atoms with E-state index in [0.29, 0.717) is 12.3 Å². The summed E-state index contributed by atoms with van der Waals surface area (Å²) >= 11 is 1.66. The second-order valence-corrected chi connectivity index (χ2v) is 7.33. The maximum Gasteiger partial charge on any atom is 0.306 e. The fourth-order valence-corrected chi connectivity index (χ4v) is 3.94. The van der Waals surface area contributed by atoms with Gasteiger partial charge in [-0.1, -0.05) is 12.1 Å². The largest absolute Gasteiger partial charge is 0.466 e. The standard InChI is InChI=1S/C20H25N3O3S/c1-2-26-19(25)10-9-18(24)21-16-8-6-7-15(13-16)17-14-27-20(22-17)23-11-4-3-5-12-23/h6-8,13-14H,2-5,9-12H2,1H3,(H,21,24). The van der Waals surface area contributed by atoms with Gasteiger partial charge in [0.1, 0.15) is 0 Å². The molecule has 144 valence electrons. The summed E-state index contributed by atoms with van der Waals surface area (Å²) in [5, 5.41) is 5.96. The van der Waals surface area contributed by atoms with Crippen LogP contribution in [0.15, 0.2) is 29.6 Å². The molecule has 27 heavy (non-hydrogen) atoms. The molecule has 1 aliphatic heterocycles. The first-order valence-corrected chi connectivity index (χ1v) is 10.3. The van der Waals surface area contributed by atoms with Crippen LogP contribution >= 0.6 is 11.3 Å². The number of piperidine rings is 1. The lowest BCUT2D eigenvalue weighted by atomic mass is 10.1. The van der Waals surface area contributed by atoms with Crippen LogP contribution < -0.4 is 10.2 Å². The zero-order valence-corrected chi connectivity index (χ0v) is 16.4. The normalized spacial score (nSPS) is 14.0. The van der Waals surface area contributed by atoms with E-state index < -0.39 is 0 Å². The van der Waals surface area contributed by atoms with Gasteiger partial charge in [0.05, 0.1) is 18.7 Å². The smallest absolute Gasteiger partial charge is 0.306 e. The van der Waals surface area contributed by atoms with Crippen LogP contribution in [0.25, 0.3) is 11.3 Å². The van der Waals surface area contributed by atoms with E-state index in [0.717, 1.165) is 29.5 Å². The van der Waals surface area contributed by atoms with Crippen LogP contribution in [0, 0.1) is 0 Å². The number of benzene rings is 1. The minimum atomic E-state index is -0.353. The van der Waals surface area contributed by atoms with Crippen LogP contribution in [0.5, 0.6) is 0 Å². The Balaban J connectivity index is 1.61. The number of nitrogens with one attached hydrogen (secondary N) is 1. The van der Waals surface area contributed by atoms with Crippen molar-refractivity contribution in [2.24, 2.45) is 0 Å². The first kappa shape index (κ1) is 19.4. The molecule has 1 N–H and O–H groups in total. The zero-order valence-electron chi connectivity index (χ0n) is 15.6. The molecule has 1 aliphatic rings. The van der Waals surface area contributed by atoms with Gasteiger partial charge in [-0.25, -0.2) is 4.98 Å². The number of thiazole rings is 1. The number of hydrogen-bond donors (Lipinski definition) is 1. The average Bonchev–Trinajstić information content (AvgIpc) is 3.18. The molecule has 7 heteroatoms. The average molecular weight is 388 g/mol. The number of carbonyl (C=O) groups excluding carboxylic acids is 2. The molecule has 1 aromatic heterocycles. The summed E-state index contributed by atoms with van der Waals surface area (Å²) in [6, 6.07) is 7.64. The maximum absolute atomic E-state index is 12.0. The topological polar surface area (TPSA) is 71.5 Å². The van der Waals surface area contributed by atoms with Crippen molar-refractivity contribution in [3.05, 3.63) is 29.6 Å². The highest BCUT2D eigenvalue weighted by Crippen LogP contribution is 2.30. The highest BCUT2D eigenvalue weighted by atomic mass is 32.1. The van der Waals surface area contributed by atoms with Gasteiger partial charge >= 0.3 is 5.97 Å². The van der Waals surface area contributed by atoms with Crippen LogP contribution in [0.1, 0.15) is 39.0 Å². The summed E-state index contributed by atoms with van der Waals surface area (Å²) in [7, 11) is 0. The number of amides is 1. The van der Waals surface area contributed by atoms with E-state index in [1.165, 1.54) is 19.3 Å². The molecule has 6 nitrogen and oxygen atoms in total. The van der Waals surface area contributed by atoms with Crippen molar-refractivity contribution in [2.45, 2.75) is 39.0 Å². The van der Waals surface area contributed by atoms with Crippen molar-refractivity contribution in [1.82, 2.24) is 4.98 Å². The molecule has 2 aromatic rings. The van der Waals surface area contributed by atoms with Crippen molar-refractivity contribution in [2.75, 3.05) is 29.9 Å². The van der Waals surface area contributed by atoms with E-state index in [1.54, 1.807) is 18.3 Å². The summed E-state index contributed by atoms with van der Waals surface area (Å²) < 4.78 is 4.84. The minimum absolute atomic E-state index is 0.0879. The lowest BCUT2D eigenvalue weighted by Crippen LogP contribution is -2.29. The molecule has 0 radical (unpaired) electrons. The number of rotatable bonds is 7. The predicted molar refractivity (Wildman–Crippen MR) is 108 cm³/mol. The lowest BCUT2D eigenvalue weighted by molar-refractivity contribution is -0.144. The van der Waals surface area contributed by atoms with Crippen LogP contribution in [-0.4, -0.2) is 36.6 Å². The van der Waals surface area contributed by atoms with E-state index >= 15 is 0 Å². The Hall–Kier alpha value is -2.41. The van der Waals surface area contributed by atoms with Gasteiger partial charge in [-0.15, -0.1) is 11.3 Å². The first-order valence-electron chi connectivity index (χ1n) is 9.42.